The van der Waals surface area contributed by atoms with Crippen LogP contribution in [0.2, 0.25) is 0 Å². The van der Waals surface area contributed by atoms with Crippen LogP contribution in [0.15, 0.2) is 9.59 Å². The molecule has 1 fully saturated rings. The van der Waals surface area contributed by atoms with Crippen LogP contribution in [0.25, 0.3) is 0 Å². The smallest absolute Gasteiger partial charge is 0.330 e. The van der Waals surface area contributed by atoms with Crippen LogP contribution in [0.4, 0.5) is 11.5 Å². The third-order valence-electron chi connectivity index (χ3n) is 3.34. The van der Waals surface area contributed by atoms with Crippen LogP contribution in [0.3, 0.4) is 0 Å². The van der Waals surface area contributed by atoms with Gasteiger partial charge in [-0.15, -0.1) is 0 Å². The summed E-state index contributed by atoms with van der Waals surface area (Å²) >= 11 is 0. The lowest BCUT2D eigenvalue weighted by Crippen LogP contribution is -2.33. The van der Waals surface area contributed by atoms with Crippen LogP contribution >= 0.6 is 0 Å². The SMILES string of the molecule is CCn1c(N)c(NCCCC2CC2)c(=O)[nH]c1=O. The fraction of sp³-hybridized carbons (Fsp3) is 0.667. The van der Waals surface area contributed by atoms with Gasteiger partial charge in [0.1, 0.15) is 11.5 Å². The summed E-state index contributed by atoms with van der Waals surface area (Å²) in [4.78, 5) is 25.4. The molecule has 1 aromatic heterocycles. The van der Waals surface area contributed by atoms with Crippen LogP contribution in [0.5, 0.6) is 0 Å². The number of rotatable bonds is 6. The molecule has 18 heavy (non-hydrogen) atoms. The van der Waals surface area contributed by atoms with Gasteiger partial charge < -0.3 is 11.1 Å². The largest absolute Gasteiger partial charge is 0.383 e. The number of aromatic nitrogens is 2. The monoisotopic (exact) mass is 252 g/mol. The van der Waals surface area contributed by atoms with E-state index in [9.17, 15) is 9.59 Å². The maximum absolute atomic E-state index is 11.7. The lowest BCUT2D eigenvalue weighted by atomic mass is 10.2. The molecule has 1 saturated carbocycles. The molecule has 0 radical (unpaired) electrons. The summed E-state index contributed by atoms with van der Waals surface area (Å²) in [5, 5.41) is 3.04. The van der Waals surface area contributed by atoms with Gasteiger partial charge in [0.05, 0.1) is 0 Å². The first-order chi connectivity index (χ1) is 8.63. The summed E-state index contributed by atoms with van der Waals surface area (Å²) in [7, 11) is 0. The van der Waals surface area contributed by atoms with Crippen molar-refractivity contribution in [3.63, 3.8) is 0 Å². The average molecular weight is 252 g/mol. The zero-order chi connectivity index (χ0) is 13.1. The Balaban J connectivity index is 2.06. The highest BCUT2D eigenvalue weighted by Crippen LogP contribution is 2.33. The molecule has 1 heterocycles. The average Bonchev–Trinajstić information content (AvgIpc) is 3.12. The highest BCUT2D eigenvalue weighted by Gasteiger charge is 2.20. The molecule has 6 nitrogen and oxygen atoms in total. The van der Waals surface area contributed by atoms with E-state index in [1.807, 2.05) is 6.92 Å². The zero-order valence-electron chi connectivity index (χ0n) is 10.7. The van der Waals surface area contributed by atoms with Gasteiger partial charge in [0, 0.05) is 13.1 Å². The van der Waals surface area contributed by atoms with E-state index in [4.69, 9.17) is 5.73 Å². The van der Waals surface area contributed by atoms with Crippen molar-refractivity contribution in [1.29, 1.82) is 0 Å². The lowest BCUT2D eigenvalue weighted by molar-refractivity contribution is 0.682. The number of hydrogen-bond acceptors (Lipinski definition) is 4. The molecule has 0 aromatic carbocycles. The molecular formula is C12H20N4O2. The van der Waals surface area contributed by atoms with E-state index >= 15 is 0 Å². The maximum atomic E-state index is 11.7. The molecule has 0 bridgehead atoms. The number of nitrogen functional groups attached to an aromatic ring is 1. The maximum Gasteiger partial charge on any atom is 0.330 e. The van der Waals surface area contributed by atoms with E-state index in [1.165, 1.54) is 23.8 Å². The van der Waals surface area contributed by atoms with Gasteiger partial charge in [-0.3, -0.25) is 14.3 Å². The molecule has 0 amide bonds. The van der Waals surface area contributed by atoms with Gasteiger partial charge in [-0.2, -0.15) is 0 Å². The highest BCUT2D eigenvalue weighted by molar-refractivity contribution is 5.60. The second-order valence-electron chi connectivity index (χ2n) is 4.78. The Morgan fingerprint density at radius 2 is 2.17 bits per heavy atom. The van der Waals surface area contributed by atoms with Gasteiger partial charge in [-0.05, 0) is 25.7 Å². The molecule has 100 valence electrons. The molecule has 0 saturated heterocycles. The zero-order valence-corrected chi connectivity index (χ0v) is 10.7. The van der Waals surface area contributed by atoms with Crippen molar-refractivity contribution < 1.29 is 0 Å². The van der Waals surface area contributed by atoms with Gasteiger partial charge in [0.15, 0.2) is 0 Å². The number of anilines is 2. The summed E-state index contributed by atoms with van der Waals surface area (Å²) in [6, 6.07) is 0. The van der Waals surface area contributed by atoms with Crippen LogP contribution in [-0.4, -0.2) is 16.1 Å². The van der Waals surface area contributed by atoms with Crippen molar-refractivity contribution in [2.45, 2.75) is 39.2 Å². The minimum absolute atomic E-state index is 0.220. The molecule has 0 aliphatic heterocycles. The Labute approximate surface area is 105 Å². The van der Waals surface area contributed by atoms with E-state index in [0.717, 1.165) is 12.3 Å². The van der Waals surface area contributed by atoms with Crippen LogP contribution in [0, 0.1) is 5.92 Å². The normalized spacial score (nSPS) is 14.7. The van der Waals surface area contributed by atoms with Crippen LogP contribution in [0.1, 0.15) is 32.6 Å². The van der Waals surface area contributed by atoms with Gasteiger partial charge >= 0.3 is 5.69 Å². The molecule has 1 aliphatic carbocycles. The standard InChI is InChI=1S/C12H20N4O2/c1-2-16-10(13)9(11(17)15-12(16)18)14-7-3-4-8-5-6-8/h8,14H,2-7,13H2,1H3,(H,15,17,18). The first-order valence-corrected chi connectivity index (χ1v) is 6.50. The molecule has 0 atom stereocenters. The van der Waals surface area contributed by atoms with Crippen molar-refractivity contribution in [2.24, 2.45) is 5.92 Å². The quantitative estimate of drug-likeness (QED) is 0.651. The first kappa shape index (κ1) is 12.7. The fourth-order valence-corrected chi connectivity index (χ4v) is 2.08. The Morgan fingerprint density at radius 1 is 1.44 bits per heavy atom. The third kappa shape index (κ3) is 2.75. The Bertz CT molecular complexity index is 528. The number of hydrogen-bond donors (Lipinski definition) is 3. The number of nitrogens with zero attached hydrogens (tertiary/aromatic N) is 1. The third-order valence-corrected chi connectivity index (χ3v) is 3.34. The topological polar surface area (TPSA) is 92.9 Å². The first-order valence-electron chi connectivity index (χ1n) is 6.50. The molecule has 6 heteroatoms. The molecule has 1 aromatic rings. The van der Waals surface area contributed by atoms with Gasteiger partial charge in [0.25, 0.3) is 5.56 Å². The predicted molar refractivity (Wildman–Crippen MR) is 71.9 cm³/mol. The minimum Gasteiger partial charge on any atom is -0.383 e. The molecular weight excluding hydrogens is 232 g/mol. The number of H-pyrrole nitrogens is 1. The molecule has 0 unspecified atom stereocenters. The minimum atomic E-state index is -0.455. The molecule has 2 rings (SSSR count). The van der Waals surface area contributed by atoms with Crippen molar-refractivity contribution in [2.75, 3.05) is 17.6 Å². The van der Waals surface area contributed by atoms with Crippen molar-refractivity contribution in [3.8, 4) is 0 Å². The van der Waals surface area contributed by atoms with Crippen LogP contribution in [-0.2, 0) is 6.54 Å². The summed E-state index contributed by atoms with van der Waals surface area (Å²) in [6.07, 6.45) is 4.89. The van der Waals surface area contributed by atoms with E-state index in [1.54, 1.807) is 0 Å². The molecule has 0 spiro atoms. The van der Waals surface area contributed by atoms with Gasteiger partial charge in [0.2, 0.25) is 0 Å². The molecule has 4 N–H and O–H groups in total. The number of nitrogens with one attached hydrogen (secondary N) is 2. The summed E-state index contributed by atoms with van der Waals surface area (Å²) < 4.78 is 1.35. The second-order valence-corrected chi connectivity index (χ2v) is 4.78. The fourth-order valence-electron chi connectivity index (χ4n) is 2.08. The van der Waals surface area contributed by atoms with Crippen molar-refractivity contribution >= 4 is 11.5 Å². The molecule has 1 aliphatic rings. The van der Waals surface area contributed by atoms with E-state index in [2.05, 4.69) is 10.3 Å². The van der Waals surface area contributed by atoms with Crippen molar-refractivity contribution in [1.82, 2.24) is 9.55 Å². The van der Waals surface area contributed by atoms with E-state index < -0.39 is 11.2 Å². The summed E-state index contributed by atoms with van der Waals surface area (Å²) in [5.41, 5.74) is 5.25. The lowest BCUT2D eigenvalue weighted by Gasteiger charge is -2.12. The Morgan fingerprint density at radius 3 is 2.78 bits per heavy atom. The van der Waals surface area contributed by atoms with E-state index in [0.29, 0.717) is 18.8 Å². The Hall–Kier alpha value is -1.72. The highest BCUT2D eigenvalue weighted by atomic mass is 16.2. The van der Waals surface area contributed by atoms with Crippen molar-refractivity contribution in [3.05, 3.63) is 20.8 Å². The van der Waals surface area contributed by atoms with Crippen LogP contribution < -0.4 is 22.3 Å². The Kier molecular flexibility index (Phi) is 3.74. The van der Waals surface area contributed by atoms with Gasteiger partial charge in [-0.25, -0.2) is 4.79 Å². The summed E-state index contributed by atoms with van der Waals surface area (Å²) in [6.45, 7) is 2.97. The number of aromatic amines is 1. The predicted octanol–water partition coefficient (Wildman–Crippen LogP) is 0.741. The van der Waals surface area contributed by atoms with E-state index in [-0.39, 0.29) is 5.82 Å². The number of nitrogens with two attached hydrogens (primary N) is 1. The second kappa shape index (κ2) is 5.29. The summed E-state index contributed by atoms with van der Waals surface area (Å²) in [5.74, 6) is 1.10. The van der Waals surface area contributed by atoms with Gasteiger partial charge in [-0.1, -0.05) is 12.8 Å².